The zero-order chi connectivity index (χ0) is 41.1. The minimum absolute atomic E-state index is 0.157. The second kappa shape index (κ2) is 14.7. The molecule has 0 radical (unpaired) electrons. The van der Waals surface area contributed by atoms with E-state index in [2.05, 4.69) is 201 Å². The van der Waals surface area contributed by atoms with Gasteiger partial charge in [0.05, 0.1) is 33.5 Å². The molecule has 1 N–H and O–H groups in total. The molecule has 4 heteroatoms. The van der Waals surface area contributed by atoms with E-state index >= 15 is 0 Å². The number of benzene rings is 6. The molecule has 0 amide bonds. The molecule has 0 atom stereocenters. The third-order valence-electron chi connectivity index (χ3n) is 11.5. The zero-order valence-corrected chi connectivity index (χ0v) is 35.6. The number of para-hydroxylation sites is 2. The quantitative estimate of drug-likeness (QED) is 0.176. The van der Waals surface area contributed by atoms with E-state index in [-0.39, 0.29) is 22.5 Å². The van der Waals surface area contributed by atoms with Crippen molar-refractivity contribution >= 4 is 21.9 Å². The molecule has 2 heterocycles. The predicted octanol–water partition coefficient (Wildman–Crippen LogP) is 14.8. The van der Waals surface area contributed by atoms with Crippen LogP contribution in [0.3, 0.4) is 0 Å². The fraction of sp³-hybridized carbons (Fsp3) is 0.259. The molecule has 0 saturated heterocycles. The Morgan fingerprint density at radius 2 is 1.28 bits per heavy atom. The molecular weight excluding hydrogens is 707 g/mol. The Kier molecular flexibility index (Phi) is 9.88. The lowest BCUT2D eigenvalue weighted by Gasteiger charge is -2.28. The van der Waals surface area contributed by atoms with Gasteiger partial charge in [-0.25, -0.2) is 9.97 Å². The van der Waals surface area contributed by atoms with Crippen molar-refractivity contribution in [1.82, 2.24) is 14.5 Å². The van der Waals surface area contributed by atoms with Crippen LogP contribution in [0.25, 0.3) is 72.5 Å². The van der Waals surface area contributed by atoms with Crippen molar-refractivity contribution in [3.63, 3.8) is 0 Å². The molecule has 0 unspecified atom stereocenters. The number of phenols is 1. The Bertz CT molecular complexity index is 2810. The van der Waals surface area contributed by atoms with E-state index in [1.165, 1.54) is 22.3 Å². The normalized spacial score (nSPS) is 12.3. The maximum atomic E-state index is 12.4. The van der Waals surface area contributed by atoms with Crippen molar-refractivity contribution in [2.45, 2.75) is 91.9 Å². The summed E-state index contributed by atoms with van der Waals surface area (Å²) in [5, 5.41) is 13.5. The Morgan fingerprint density at radius 1 is 0.552 bits per heavy atom. The van der Waals surface area contributed by atoms with E-state index in [1.807, 2.05) is 6.07 Å². The summed E-state index contributed by atoms with van der Waals surface area (Å²) in [5.74, 6) is 1.52. The number of hydrogen-bond donors (Lipinski definition) is 1. The van der Waals surface area contributed by atoms with Crippen LogP contribution in [0.4, 0.5) is 0 Å². The van der Waals surface area contributed by atoms with Gasteiger partial charge in [-0.1, -0.05) is 154 Å². The molecule has 0 saturated carbocycles. The van der Waals surface area contributed by atoms with Crippen molar-refractivity contribution in [3.8, 4) is 56.3 Å². The number of hydrogen-bond acceptors (Lipinski definition) is 3. The van der Waals surface area contributed by atoms with E-state index in [1.54, 1.807) is 0 Å². The van der Waals surface area contributed by atoms with E-state index in [9.17, 15) is 5.11 Å². The molecular formula is C54H55N3O. The van der Waals surface area contributed by atoms with Gasteiger partial charge in [-0.05, 0) is 105 Å². The summed E-state index contributed by atoms with van der Waals surface area (Å²) < 4.78 is 2.30. The summed E-state index contributed by atoms with van der Waals surface area (Å²) >= 11 is 0. The third-order valence-corrected chi connectivity index (χ3v) is 11.5. The summed E-state index contributed by atoms with van der Waals surface area (Å²) in [6, 6.07) is 47.7. The number of aromatic hydroxyl groups is 1. The largest absolute Gasteiger partial charge is 0.507 e. The summed E-state index contributed by atoms with van der Waals surface area (Å²) in [7, 11) is 0. The van der Waals surface area contributed by atoms with Gasteiger partial charge in [-0.2, -0.15) is 0 Å². The molecule has 0 aliphatic carbocycles. The fourth-order valence-corrected chi connectivity index (χ4v) is 8.11. The Morgan fingerprint density at radius 3 is 1.98 bits per heavy atom. The molecule has 292 valence electrons. The number of rotatable bonds is 7. The molecule has 4 nitrogen and oxygen atoms in total. The monoisotopic (exact) mass is 761 g/mol. The van der Waals surface area contributed by atoms with Crippen LogP contribution in [0.15, 0.2) is 133 Å². The highest BCUT2D eigenvalue weighted by Crippen LogP contribution is 2.45. The SMILES string of the molecule is CC(C)c1cc(-c2ccc3ccccc3n2)cc(-c2cccc3c2nc(-c2cc(C(C)(C)C)cc(C(C)(C)C)c2O)n3-c2ccc(-c3ccccc3)cc2C(C)C)c1. The minimum atomic E-state index is -0.299. The Balaban J connectivity index is 1.44. The lowest BCUT2D eigenvalue weighted by molar-refractivity contribution is 0.446. The molecule has 2 aromatic heterocycles. The smallest absolute Gasteiger partial charge is 0.149 e. The first-order chi connectivity index (χ1) is 27.6. The molecule has 0 aliphatic heterocycles. The average molecular weight is 762 g/mol. The molecule has 0 fully saturated rings. The number of nitrogens with zero attached hydrogens (tertiary/aromatic N) is 3. The van der Waals surface area contributed by atoms with E-state index in [0.717, 1.165) is 72.5 Å². The predicted molar refractivity (Wildman–Crippen MR) is 245 cm³/mol. The summed E-state index contributed by atoms with van der Waals surface area (Å²) in [5.41, 5.74) is 15.2. The van der Waals surface area contributed by atoms with Gasteiger partial charge >= 0.3 is 0 Å². The van der Waals surface area contributed by atoms with Gasteiger partial charge in [0.15, 0.2) is 0 Å². The van der Waals surface area contributed by atoms with E-state index in [0.29, 0.717) is 5.92 Å². The molecule has 6 aromatic carbocycles. The third kappa shape index (κ3) is 7.21. The van der Waals surface area contributed by atoms with Crippen molar-refractivity contribution in [2.24, 2.45) is 0 Å². The number of aromatic nitrogens is 3. The van der Waals surface area contributed by atoms with Gasteiger partial charge in [-0.3, -0.25) is 4.57 Å². The first-order valence-corrected chi connectivity index (χ1v) is 20.7. The molecule has 8 rings (SSSR count). The van der Waals surface area contributed by atoms with Crippen LogP contribution in [-0.2, 0) is 10.8 Å². The Labute approximate surface area is 344 Å². The minimum Gasteiger partial charge on any atom is -0.507 e. The topological polar surface area (TPSA) is 50.9 Å². The second-order valence-corrected chi connectivity index (χ2v) is 18.5. The molecule has 0 bridgehead atoms. The number of fused-ring (bicyclic) bond motifs is 2. The molecule has 58 heavy (non-hydrogen) atoms. The van der Waals surface area contributed by atoms with Gasteiger partial charge in [0.25, 0.3) is 0 Å². The Hall–Kier alpha value is -6.00. The van der Waals surface area contributed by atoms with Crippen molar-refractivity contribution < 1.29 is 5.11 Å². The second-order valence-electron chi connectivity index (χ2n) is 18.5. The van der Waals surface area contributed by atoms with E-state index < -0.39 is 0 Å². The molecule has 8 aromatic rings. The van der Waals surface area contributed by atoms with Crippen molar-refractivity contribution in [2.75, 3.05) is 0 Å². The lowest BCUT2D eigenvalue weighted by Crippen LogP contribution is -2.17. The fourth-order valence-electron chi connectivity index (χ4n) is 8.11. The molecule has 0 spiro atoms. The maximum absolute atomic E-state index is 12.4. The molecule has 0 aliphatic rings. The highest BCUT2D eigenvalue weighted by atomic mass is 16.3. The first kappa shape index (κ1) is 38.9. The van der Waals surface area contributed by atoms with Crippen LogP contribution in [0.2, 0.25) is 0 Å². The number of imidazole rings is 1. The lowest BCUT2D eigenvalue weighted by atomic mass is 9.79. The van der Waals surface area contributed by atoms with E-state index in [4.69, 9.17) is 9.97 Å². The van der Waals surface area contributed by atoms with Gasteiger partial charge in [0.2, 0.25) is 0 Å². The van der Waals surface area contributed by atoms with Gasteiger partial charge in [0, 0.05) is 22.1 Å². The number of phenolic OH excluding ortho intramolecular Hbond substituents is 1. The van der Waals surface area contributed by atoms with Crippen LogP contribution in [0, 0.1) is 0 Å². The van der Waals surface area contributed by atoms with Crippen LogP contribution >= 0.6 is 0 Å². The van der Waals surface area contributed by atoms with Crippen molar-refractivity contribution in [1.29, 1.82) is 0 Å². The van der Waals surface area contributed by atoms with Crippen LogP contribution in [-0.4, -0.2) is 19.6 Å². The maximum Gasteiger partial charge on any atom is 0.149 e. The zero-order valence-electron chi connectivity index (χ0n) is 35.6. The van der Waals surface area contributed by atoms with Gasteiger partial charge in [-0.15, -0.1) is 0 Å². The first-order valence-electron chi connectivity index (χ1n) is 20.7. The van der Waals surface area contributed by atoms with Gasteiger partial charge in [0.1, 0.15) is 11.6 Å². The highest BCUT2D eigenvalue weighted by molar-refractivity contribution is 5.97. The van der Waals surface area contributed by atoms with Crippen LogP contribution in [0.1, 0.15) is 103 Å². The van der Waals surface area contributed by atoms with Crippen LogP contribution in [0.5, 0.6) is 5.75 Å². The summed E-state index contributed by atoms with van der Waals surface area (Å²) in [4.78, 5) is 10.7. The summed E-state index contributed by atoms with van der Waals surface area (Å²) in [6.07, 6.45) is 0. The van der Waals surface area contributed by atoms with Crippen molar-refractivity contribution in [3.05, 3.63) is 156 Å². The number of pyridine rings is 1. The highest BCUT2D eigenvalue weighted by Gasteiger charge is 2.29. The standard InChI is InChI=1S/C54H55N3O/c1-33(2)38-27-39(29-40(28-38)47-25-23-36-19-14-15-21-46(36)55-47)42-20-16-22-49-50(42)56-52(44-31-41(53(5,6)7)32-45(51(44)58)54(8,9)10)57(49)48-26-24-37(30-43(48)34(3)4)35-17-12-11-13-18-35/h11-34,58H,1-10H3. The summed E-state index contributed by atoms with van der Waals surface area (Å²) in [6.45, 7) is 22.2. The average Bonchev–Trinajstić information content (AvgIpc) is 3.59. The van der Waals surface area contributed by atoms with Gasteiger partial charge < -0.3 is 5.11 Å². The van der Waals surface area contributed by atoms with Crippen LogP contribution < -0.4 is 0 Å².